The van der Waals surface area contributed by atoms with Gasteiger partial charge in [0.25, 0.3) is 5.91 Å². The predicted molar refractivity (Wildman–Crippen MR) is 127 cm³/mol. The number of anilines is 2. The maximum atomic E-state index is 14.0. The summed E-state index contributed by atoms with van der Waals surface area (Å²) >= 11 is 13.8. The van der Waals surface area contributed by atoms with Crippen molar-refractivity contribution in [2.24, 2.45) is 0 Å². The van der Waals surface area contributed by atoms with E-state index < -0.39 is 28.4 Å². The quantitative estimate of drug-likeness (QED) is 0.394. The van der Waals surface area contributed by atoms with E-state index in [0.717, 1.165) is 23.9 Å². The summed E-state index contributed by atoms with van der Waals surface area (Å²) in [4.78, 5) is 28.2. The lowest BCUT2D eigenvalue weighted by Gasteiger charge is -2.33. The molecule has 3 aromatic rings. The van der Waals surface area contributed by atoms with Gasteiger partial charge in [0.2, 0.25) is 10.8 Å². The second-order valence-corrected chi connectivity index (χ2v) is 9.80. The summed E-state index contributed by atoms with van der Waals surface area (Å²) < 4.78 is 40.2. The van der Waals surface area contributed by atoms with E-state index in [1.54, 1.807) is 42.5 Å². The number of nitrogens with zero attached hydrogens (tertiary/aromatic N) is 2. The van der Waals surface area contributed by atoms with Crippen LogP contribution < -0.4 is 9.80 Å². The Morgan fingerprint density at radius 2 is 1.62 bits per heavy atom. The van der Waals surface area contributed by atoms with Gasteiger partial charge < -0.3 is 4.90 Å². The van der Waals surface area contributed by atoms with E-state index in [9.17, 15) is 22.8 Å². The summed E-state index contributed by atoms with van der Waals surface area (Å²) in [6.07, 6.45) is -4.59. The average Bonchev–Trinajstić information content (AvgIpc) is 3.26. The summed E-state index contributed by atoms with van der Waals surface area (Å²) in [5.74, 6) is -0.958. The highest BCUT2D eigenvalue weighted by molar-refractivity contribution is 8.02. The SMILES string of the molecule is O=C1CSC2(C(=O)N(Cc3c(Cl)cccc3Cl)c3ccccc32)N1c1cccc(C(F)(F)F)c1. The Balaban J connectivity index is 1.65. The molecule has 5 rings (SSSR count). The molecule has 1 spiro atoms. The Morgan fingerprint density at radius 3 is 2.32 bits per heavy atom. The monoisotopic (exact) mass is 522 g/mol. The molecule has 0 aliphatic carbocycles. The molecule has 4 nitrogen and oxygen atoms in total. The molecule has 34 heavy (non-hydrogen) atoms. The van der Waals surface area contributed by atoms with E-state index in [4.69, 9.17) is 23.2 Å². The van der Waals surface area contributed by atoms with Gasteiger partial charge in [0.05, 0.1) is 23.5 Å². The molecule has 174 valence electrons. The van der Waals surface area contributed by atoms with Gasteiger partial charge in [-0.3, -0.25) is 14.5 Å². The Bertz CT molecular complexity index is 1310. The van der Waals surface area contributed by atoms with Crippen molar-refractivity contribution in [3.8, 4) is 0 Å². The Hall–Kier alpha value is -2.68. The van der Waals surface area contributed by atoms with E-state index in [-0.39, 0.29) is 18.0 Å². The first-order valence-electron chi connectivity index (χ1n) is 10.1. The smallest absolute Gasteiger partial charge is 0.304 e. The van der Waals surface area contributed by atoms with Crippen LogP contribution in [0.2, 0.25) is 10.0 Å². The summed E-state index contributed by atoms with van der Waals surface area (Å²) in [6, 6.07) is 16.4. The van der Waals surface area contributed by atoms with Crippen molar-refractivity contribution in [1.29, 1.82) is 0 Å². The van der Waals surface area contributed by atoms with Crippen molar-refractivity contribution in [2.45, 2.75) is 17.6 Å². The number of halogens is 5. The number of rotatable bonds is 3. The molecule has 0 bridgehead atoms. The second kappa shape index (κ2) is 8.22. The van der Waals surface area contributed by atoms with Crippen LogP contribution in [0, 0.1) is 0 Å². The van der Waals surface area contributed by atoms with Gasteiger partial charge in [-0.15, -0.1) is 11.8 Å². The standard InChI is InChI=1S/C24H15Cl2F3N2O2S/c25-18-8-4-9-19(26)16(18)12-30-20-10-2-1-7-17(20)23(22(30)33)31(21(32)13-34-23)15-6-3-5-14(11-15)24(27,28)29/h1-11H,12-13H2. The number of hydrogen-bond acceptors (Lipinski definition) is 3. The van der Waals surface area contributed by atoms with Crippen LogP contribution in [-0.2, 0) is 27.2 Å². The van der Waals surface area contributed by atoms with E-state index >= 15 is 0 Å². The number of alkyl halides is 3. The number of carbonyl (C=O) groups is 2. The van der Waals surface area contributed by atoms with Crippen LogP contribution in [0.4, 0.5) is 24.5 Å². The lowest BCUT2D eigenvalue weighted by molar-refractivity contribution is -0.137. The number of fused-ring (bicyclic) bond motifs is 2. The molecule has 0 N–H and O–H groups in total. The van der Waals surface area contributed by atoms with Crippen molar-refractivity contribution in [2.75, 3.05) is 15.6 Å². The van der Waals surface area contributed by atoms with Crippen LogP contribution in [0.1, 0.15) is 16.7 Å². The van der Waals surface area contributed by atoms with Crippen molar-refractivity contribution in [3.63, 3.8) is 0 Å². The summed E-state index contributed by atoms with van der Waals surface area (Å²) in [7, 11) is 0. The van der Waals surface area contributed by atoms with Crippen LogP contribution in [0.15, 0.2) is 66.7 Å². The van der Waals surface area contributed by atoms with Gasteiger partial charge in [0.1, 0.15) is 0 Å². The van der Waals surface area contributed by atoms with Gasteiger partial charge in [-0.2, -0.15) is 13.2 Å². The minimum absolute atomic E-state index is 0.00519. The summed E-state index contributed by atoms with van der Waals surface area (Å²) in [5.41, 5.74) is 0.707. The molecule has 2 aliphatic heterocycles. The fourth-order valence-electron chi connectivity index (χ4n) is 4.38. The van der Waals surface area contributed by atoms with Gasteiger partial charge in [-0.25, -0.2) is 0 Å². The minimum atomic E-state index is -4.59. The zero-order valence-electron chi connectivity index (χ0n) is 17.3. The molecular formula is C24H15Cl2F3N2O2S. The van der Waals surface area contributed by atoms with E-state index in [1.807, 2.05) is 0 Å². The third kappa shape index (κ3) is 3.47. The topological polar surface area (TPSA) is 40.6 Å². The van der Waals surface area contributed by atoms with E-state index in [0.29, 0.717) is 26.9 Å². The van der Waals surface area contributed by atoms with E-state index in [2.05, 4.69) is 0 Å². The molecule has 10 heteroatoms. The van der Waals surface area contributed by atoms with Crippen LogP contribution in [-0.4, -0.2) is 17.6 Å². The third-order valence-electron chi connectivity index (χ3n) is 5.87. The van der Waals surface area contributed by atoms with Crippen LogP contribution in [0.5, 0.6) is 0 Å². The normalized spacial score (nSPS) is 19.9. The first-order valence-corrected chi connectivity index (χ1v) is 11.9. The number of thioether (sulfide) groups is 1. The molecule has 2 amide bonds. The maximum absolute atomic E-state index is 14.0. The molecule has 1 saturated heterocycles. The Morgan fingerprint density at radius 1 is 0.941 bits per heavy atom. The summed E-state index contributed by atoms with van der Waals surface area (Å²) in [5, 5.41) is 0.757. The number of para-hydroxylation sites is 1. The molecule has 1 atom stereocenters. The van der Waals surface area contributed by atoms with Gasteiger partial charge in [-0.1, -0.05) is 53.5 Å². The molecule has 1 fully saturated rings. The van der Waals surface area contributed by atoms with Crippen molar-refractivity contribution in [1.82, 2.24) is 0 Å². The molecular weight excluding hydrogens is 508 g/mol. The van der Waals surface area contributed by atoms with Crippen molar-refractivity contribution >= 4 is 58.2 Å². The van der Waals surface area contributed by atoms with Crippen molar-refractivity contribution in [3.05, 3.63) is 93.5 Å². The van der Waals surface area contributed by atoms with Gasteiger partial charge in [0, 0.05) is 26.9 Å². The number of benzene rings is 3. The van der Waals surface area contributed by atoms with E-state index in [1.165, 1.54) is 21.9 Å². The Labute approximate surface area is 207 Å². The molecule has 3 aromatic carbocycles. The van der Waals surface area contributed by atoms with Crippen LogP contribution in [0.3, 0.4) is 0 Å². The van der Waals surface area contributed by atoms with Gasteiger partial charge in [0.15, 0.2) is 0 Å². The number of carbonyl (C=O) groups excluding carboxylic acids is 2. The average molecular weight is 523 g/mol. The highest BCUT2D eigenvalue weighted by Gasteiger charge is 2.61. The highest BCUT2D eigenvalue weighted by atomic mass is 35.5. The molecule has 2 aliphatic rings. The van der Waals surface area contributed by atoms with Crippen LogP contribution in [0.25, 0.3) is 0 Å². The van der Waals surface area contributed by atoms with Gasteiger partial charge >= 0.3 is 6.18 Å². The number of hydrogen-bond donors (Lipinski definition) is 0. The lowest BCUT2D eigenvalue weighted by atomic mass is 10.0. The molecule has 0 saturated carbocycles. The van der Waals surface area contributed by atoms with Crippen molar-refractivity contribution < 1.29 is 22.8 Å². The molecule has 1 unspecified atom stereocenters. The zero-order chi connectivity index (χ0) is 24.3. The first-order chi connectivity index (χ1) is 16.1. The second-order valence-electron chi connectivity index (χ2n) is 7.82. The predicted octanol–water partition coefficient (Wildman–Crippen LogP) is 6.49. The largest absolute Gasteiger partial charge is 0.416 e. The maximum Gasteiger partial charge on any atom is 0.416 e. The first kappa shape index (κ1) is 23.1. The summed E-state index contributed by atoms with van der Waals surface area (Å²) in [6.45, 7) is 0.0429. The fraction of sp³-hybridized carbons (Fsp3) is 0.167. The molecule has 2 heterocycles. The number of amides is 2. The van der Waals surface area contributed by atoms with Crippen LogP contribution >= 0.6 is 35.0 Å². The molecule has 0 radical (unpaired) electrons. The van der Waals surface area contributed by atoms with Gasteiger partial charge in [-0.05, 0) is 36.4 Å². The fourth-order valence-corrected chi connectivity index (χ4v) is 6.25. The highest BCUT2D eigenvalue weighted by Crippen LogP contribution is 2.56. The third-order valence-corrected chi connectivity index (χ3v) is 7.97. The lowest BCUT2D eigenvalue weighted by Crippen LogP contribution is -2.49. The zero-order valence-corrected chi connectivity index (χ0v) is 19.6. The Kier molecular flexibility index (Phi) is 5.58. The molecule has 0 aromatic heterocycles. The minimum Gasteiger partial charge on any atom is -0.304 e.